The highest BCUT2D eigenvalue weighted by Crippen LogP contribution is 2.17. The molecule has 2 aliphatic rings. The van der Waals surface area contributed by atoms with Crippen LogP contribution in [0.3, 0.4) is 0 Å². The van der Waals surface area contributed by atoms with Crippen LogP contribution in [0.4, 0.5) is 10.5 Å². The second kappa shape index (κ2) is 8.33. The van der Waals surface area contributed by atoms with Gasteiger partial charge in [0.15, 0.2) is 5.76 Å². The SMILES string of the molecule is O=C(NC1CCN(C(=O)c2ccco2)CC1)N1CCN(c2ccncc2)CC1. The monoisotopic (exact) mass is 383 g/mol. The fourth-order valence-corrected chi connectivity index (χ4v) is 3.77. The van der Waals surface area contributed by atoms with Crippen LogP contribution in [0.5, 0.6) is 0 Å². The molecule has 28 heavy (non-hydrogen) atoms. The molecule has 4 rings (SSSR count). The van der Waals surface area contributed by atoms with Crippen LogP contribution in [0.1, 0.15) is 23.4 Å². The van der Waals surface area contributed by atoms with Gasteiger partial charge in [-0.05, 0) is 37.1 Å². The van der Waals surface area contributed by atoms with Crippen molar-refractivity contribution >= 4 is 17.6 Å². The average Bonchev–Trinajstić information content (AvgIpc) is 3.29. The van der Waals surface area contributed by atoms with E-state index in [0.717, 1.165) is 31.6 Å². The van der Waals surface area contributed by atoms with E-state index < -0.39 is 0 Å². The van der Waals surface area contributed by atoms with E-state index in [2.05, 4.69) is 15.2 Å². The summed E-state index contributed by atoms with van der Waals surface area (Å²) >= 11 is 0. The first kappa shape index (κ1) is 18.3. The van der Waals surface area contributed by atoms with Gasteiger partial charge in [-0.1, -0.05) is 0 Å². The third kappa shape index (κ3) is 4.11. The van der Waals surface area contributed by atoms with Gasteiger partial charge in [0, 0.05) is 63.4 Å². The molecule has 0 aliphatic carbocycles. The average molecular weight is 383 g/mol. The Hall–Kier alpha value is -3.03. The smallest absolute Gasteiger partial charge is 0.317 e. The van der Waals surface area contributed by atoms with Crippen molar-refractivity contribution in [2.45, 2.75) is 18.9 Å². The number of carbonyl (C=O) groups is 2. The van der Waals surface area contributed by atoms with Crippen molar-refractivity contribution in [3.63, 3.8) is 0 Å². The zero-order valence-corrected chi connectivity index (χ0v) is 15.8. The maximum absolute atomic E-state index is 12.6. The Bertz CT molecular complexity index is 779. The molecule has 1 N–H and O–H groups in total. The highest BCUT2D eigenvalue weighted by molar-refractivity contribution is 5.91. The molecule has 8 nitrogen and oxygen atoms in total. The molecule has 0 unspecified atom stereocenters. The Kier molecular flexibility index (Phi) is 5.45. The standard InChI is InChI=1S/C20H25N5O3/c26-19(18-2-1-15-28-18)24-9-5-16(6-10-24)22-20(27)25-13-11-23(12-14-25)17-3-7-21-8-4-17/h1-4,7-8,15-16H,5-6,9-14H2,(H,22,27). The summed E-state index contributed by atoms with van der Waals surface area (Å²) in [6.07, 6.45) is 6.60. The molecule has 0 aromatic carbocycles. The first-order chi connectivity index (χ1) is 13.7. The van der Waals surface area contributed by atoms with Crippen molar-refractivity contribution in [3.05, 3.63) is 48.7 Å². The Morgan fingerprint density at radius 3 is 2.32 bits per heavy atom. The lowest BCUT2D eigenvalue weighted by molar-refractivity contribution is 0.0674. The molecule has 8 heteroatoms. The highest BCUT2D eigenvalue weighted by Gasteiger charge is 2.28. The lowest BCUT2D eigenvalue weighted by atomic mass is 10.0. The molecule has 2 aromatic rings. The predicted molar refractivity (Wildman–Crippen MR) is 104 cm³/mol. The van der Waals surface area contributed by atoms with Gasteiger partial charge >= 0.3 is 6.03 Å². The second-order valence-electron chi connectivity index (χ2n) is 7.17. The third-order valence-corrected chi connectivity index (χ3v) is 5.44. The van der Waals surface area contributed by atoms with Crippen LogP contribution >= 0.6 is 0 Å². The van der Waals surface area contributed by atoms with E-state index in [-0.39, 0.29) is 18.0 Å². The molecule has 2 aromatic heterocycles. The van der Waals surface area contributed by atoms with Crippen molar-refractivity contribution in [1.82, 2.24) is 20.1 Å². The zero-order valence-electron chi connectivity index (χ0n) is 15.8. The molecule has 0 spiro atoms. The fraction of sp³-hybridized carbons (Fsp3) is 0.450. The van der Waals surface area contributed by atoms with Crippen molar-refractivity contribution in [2.24, 2.45) is 0 Å². The van der Waals surface area contributed by atoms with Gasteiger partial charge in [0.25, 0.3) is 5.91 Å². The van der Waals surface area contributed by atoms with E-state index in [1.807, 2.05) is 17.0 Å². The lowest BCUT2D eigenvalue weighted by Gasteiger charge is -2.38. The molecule has 2 fully saturated rings. The summed E-state index contributed by atoms with van der Waals surface area (Å²) < 4.78 is 5.18. The van der Waals surface area contributed by atoms with E-state index in [1.54, 1.807) is 29.4 Å². The number of aromatic nitrogens is 1. The lowest BCUT2D eigenvalue weighted by Crippen LogP contribution is -2.55. The van der Waals surface area contributed by atoms with Crippen LogP contribution in [-0.4, -0.2) is 72.0 Å². The Morgan fingerprint density at radius 2 is 1.68 bits per heavy atom. The zero-order chi connectivity index (χ0) is 19.3. The van der Waals surface area contributed by atoms with E-state index in [0.29, 0.717) is 31.9 Å². The normalized spacial score (nSPS) is 18.2. The Balaban J connectivity index is 1.21. The van der Waals surface area contributed by atoms with Gasteiger partial charge < -0.3 is 24.4 Å². The number of hydrogen-bond acceptors (Lipinski definition) is 5. The van der Waals surface area contributed by atoms with Crippen LogP contribution in [0, 0.1) is 0 Å². The molecule has 0 bridgehead atoms. The molecule has 4 heterocycles. The van der Waals surface area contributed by atoms with Gasteiger partial charge in [0.05, 0.1) is 6.26 Å². The van der Waals surface area contributed by atoms with Gasteiger partial charge in [0.2, 0.25) is 0 Å². The summed E-state index contributed by atoms with van der Waals surface area (Å²) in [5.74, 6) is 0.288. The van der Waals surface area contributed by atoms with Crippen LogP contribution < -0.4 is 10.2 Å². The van der Waals surface area contributed by atoms with Crippen LogP contribution in [-0.2, 0) is 0 Å². The van der Waals surface area contributed by atoms with Crippen LogP contribution in [0.2, 0.25) is 0 Å². The van der Waals surface area contributed by atoms with Gasteiger partial charge in [0.1, 0.15) is 0 Å². The highest BCUT2D eigenvalue weighted by atomic mass is 16.3. The number of piperidine rings is 1. The minimum atomic E-state index is -0.0815. The van der Waals surface area contributed by atoms with Crippen molar-refractivity contribution in [3.8, 4) is 0 Å². The second-order valence-corrected chi connectivity index (χ2v) is 7.17. The Morgan fingerprint density at radius 1 is 0.964 bits per heavy atom. The number of furan rings is 1. The van der Waals surface area contributed by atoms with E-state index in [4.69, 9.17) is 4.42 Å². The van der Waals surface area contributed by atoms with Crippen LogP contribution in [0.25, 0.3) is 0 Å². The number of amides is 3. The number of nitrogens with one attached hydrogen (secondary N) is 1. The van der Waals surface area contributed by atoms with E-state index >= 15 is 0 Å². The number of pyridine rings is 1. The van der Waals surface area contributed by atoms with Gasteiger partial charge in [-0.2, -0.15) is 0 Å². The topological polar surface area (TPSA) is 81.9 Å². The van der Waals surface area contributed by atoms with Gasteiger partial charge in [-0.25, -0.2) is 4.79 Å². The number of urea groups is 1. The maximum Gasteiger partial charge on any atom is 0.317 e. The summed E-state index contributed by atoms with van der Waals surface area (Å²) in [7, 11) is 0. The fourth-order valence-electron chi connectivity index (χ4n) is 3.77. The summed E-state index contributed by atoms with van der Waals surface area (Å²) in [5.41, 5.74) is 1.14. The van der Waals surface area contributed by atoms with E-state index in [9.17, 15) is 9.59 Å². The molecule has 0 atom stereocenters. The predicted octanol–water partition coefficient (Wildman–Crippen LogP) is 1.81. The van der Waals surface area contributed by atoms with Gasteiger partial charge in [-0.15, -0.1) is 0 Å². The molecule has 0 saturated carbocycles. The van der Waals surface area contributed by atoms with E-state index in [1.165, 1.54) is 6.26 Å². The van der Waals surface area contributed by atoms with Crippen molar-refractivity contribution in [1.29, 1.82) is 0 Å². The molecule has 2 saturated heterocycles. The number of hydrogen-bond donors (Lipinski definition) is 1. The van der Waals surface area contributed by atoms with Crippen molar-refractivity contribution in [2.75, 3.05) is 44.2 Å². The molecule has 148 valence electrons. The number of rotatable bonds is 3. The number of nitrogens with zero attached hydrogens (tertiary/aromatic N) is 4. The quantitative estimate of drug-likeness (QED) is 0.874. The molecular weight excluding hydrogens is 358 g/mol. The summed E-state index contributed by atoms with van der Waals surface area (Å²) in [5, 5.41) is 3.13. The number of carbonyl (C=O) groups excluding carboxylic acids is 2. The molecular formula is C20H25N5O3. The maximum atomic E-state index is 12.6. The largest absolute Gasteiger partial charge is 0.459 e. The third-order valence-electron chi connectivity index (χ3n) is 5.44. The molecule has 0 radical (unpaired) electrons. The first-order valence-electron chi connectivity index (χ1n) is 9.74. The Labute approximate surface area is 164 Å². The molecule has 2 aliphatic heterocycles. The number of anilines is 1. The number of piperazine rings is 1. The molecule has 3 amide bonds. The van der Waals surface area contributed by atoms with Crippen LogP contribution in [0.15, 0.2) is 47.3 Å². The minimum absolute atomic E-state index is 0.00908. The van der Waals surface area contributed by atoms with Crippen molar-refractivity contribution < 1.29 is 14.0 Å². The summed E-state index contributed by atoms with van der Waals surface area (Å²) in [6, 6.07) is 7.48. The van der Waals surface area contributed by atoms with Gasteiger partial charge in [-0.3, -0.25) is 9.78 Å². The summed E-state index contributed by atoms with van der Waals surface area (Å²) in [6.45, 7) is 4.27. The first-order valence-corrected chi connectivity index (χ1v) is 9.74. The summed E-state index contributed by atoms with van der Waals surface area (Å²) in [4.78, 5) is 34.9. The minimum Gasteiger partial charge on any atom is -0.459 e. The number of likely N-dealkylation sites (tertiary alicyclic amines) is 1.